The van der Waals surface area contributed by atoms with E-state index in [0.29, 0.717) is 25.3 Å². The SMILES string of the molecule is CCOC(=O)Cn1cc(C=C2CN(C(C(=O)C3CC3)c3ccccc3F)CC2SC(C)=O)cn1. The lowest BCUT2D eigenvalue weighted by molar-refractivity contribution is -0.144. The molecule has 2 unspecified atom stereocenters. The van der Waals surface area contributed by atoms with Crippen molar-refractivity contribution in [2.45, 2.75) is 44.5 Å². The van der Waals surface area contributed by atoms with E-state index in [1.165, 1.54) is 29.4 Å². The van der Waals surface area contributed by atoms with Crippen LogP contribution in [0, 0.1) is 11.7 Å². The third kappa shape index (κ3) is 5.82. The molecule has 1 aliphatic carbocycles. The molecule has 0 amide bonds. The number of hydrogen-bond donors (Lipinski definition) is 0. The smallest absolute Gasteiger partial charge is 0.327 e. The minimum Gasteiger partial charge on any atom is -0.465 e. The van der Waals surface area contributed by atoms with Gasteiger partial charge >= 0.3 is 5.97 Å². The molecule has 0 radical (unpaired) electrons. The van der Waals surface area contributed by atoms with Crippen LogP contribution in [0.5, 0.6) is 0 Å². The third-order valence-electron chi connectivity index (χ3n) is 5.92. The summed E-state index contributed by atoms with van der Waals surface area (Å²) in [6.07, 6.45) is 7.01. The van der Waals surface area contributed by atoms with Gasteiger partial charge in [0.2, 0.25) is 0 Å². The number of ketones is 1. The van der Waals surface area contributed by atoms with E-state index in [0.717, 1.165) is 24.0 Å². The van der Waals surface area contributed by atoms with E-state index in [9.17, 15) is 18.8 Å². The highest BCUT2D eigenvalue weighted by Gasteiger charge is 2.43. The van der Waals surface area contributed by atoms with E-state index < -0.39 is 11.9 Å². The number of nitrogens with zero attached hydrogens (tertiary/aromatic N) is 3. The third-order valence-corrected chi connectivity index (χ3v) is 6.99. The zero-order valence-corrected chi connectivity index (χ0v) is 20.1. The Labute approximate surface area is 202 Å². The molecule has 1 aromatic heterocycles. The Morgan fingerprint density at radius 1 is 1.29 bits per heavy atom. The molecule has 1 aromatic carbocycles. The first-order valence-corrected chi connectivity index (χ1v) is 12.3. The Kier molecular flexibility index (Phi) is 7.63. The average Bonchev–Trinajstić information content (AvgIpc) is 3.44. The highest BCUT2D eigenvalue weighted by Crippen LogP contribution is 2.41. The van der Waals surface area contributed by atoms with Crippen molar-refractivity contribution in [3.8, 4) is 0 Å². The first kappa shape index (κ1) is 24.3. The highest BCUT2D eigenvalue weighted by molar-refractivity contribution is 8.14. The number of rotatable bonds is 9. The summed E-state index contributed by atoms with van der Waals surface area (Å²) < 4.78 is 21.2. The van der Waals surface area contributed by atoms with Crippen LogP contribution in [-0.4, -0.2) is 56.5 Å². The number of esters is 1. The van der Waals surface area contributed by atoms with E-state index in [-0.39, 0.29) is 34.6 Å². The first-order chi connectivity index (χ1) is 16.4. The van der Waals surface area contributed by atoms with Crippen LogP contribution in [-0.2, 0) is 25.7 Å². The second-order valence-corrected chi connectivity index (χ2v) is 10.0. The van der Waals surface area contributed by atoms with Gasteiger partial charge in [-0.3, -0.25) is 24.0 Å². The molecule has 34 heavy (non-hydrogen) atoms. The van der Waals surface area contributed by atoms with E-state index in [4.69, 9.17) is 4.74 Å². The molecule has 2 aliphatic rings. The molecule has 0 spiro atoms. The van der Waals surface area contributed by atoms with Crippen LogP contribution in [0.4, 0.5) is 4.39 Å². The Morgan fingerprint density at radius 3 is 2.74 bits per heavy atom. The van der Waals surface area contributed by atoms with Crippen molar-refractivity contribution in [2.75, 3.05) is 19.7 Å². The predicted molar refractivity (Wildman–Crippen MR) is 127 cm³/mol. The lowest BCUT2D eigenvalue weighted by Gasteiger charge is -2.27. The lowest BCUT2D eigenvalue weighted by atomic mass is 9.97. The Hall–Kier alpha value is -2.78. The highest BCUT2D eigenvalue weighted by atomic mass is 32.2. The van der Waals surface area contributed by atoms with Crippen LogP contribution >= 0.6 is 11.8 Å². The molecule has 7 nitrogen and oxygen atoms in total. The largest absolute Gasteiger partial charge is 0.465 e. The number of carbonyl (C=O) groups is 3. The number of hydrogen-bond acceptors (Lipinski definition) is 7. The Bertz CT molecular complexity index is 1110. The van der Waals surface area contributed by atoms with Gasteiger partial charge in [-0.15, -0.1) is 0 Å². The molecule has 9 heteroatoms. The van der Waals surface area contributed by atoms with Gasteiger partial charge in [-0.2, -0.15) is 5.10 Å². The number of thioether (sulfide) groups is 1. The summed E-state index contributed by atoms with van der Waals surface area (Å²) in [5, 5.41) is 4.04. The fourth-order valence-electron chi connectivity index (χ4n) is 4.29. The molecule has 180 valence electrons. The fourth-order valence-corrected chi connectivity index (χ4v) is 5.25. The summed E-state index contributed by atoms with van der Waals surface area (Å²) in [6, 6.07) is 5.75. The quantitative estimate of drug-likeness (QED) is 0.502. The normalized spacial score (nSPS) is 20.4. The summed E-state index contributed by atoms with van der Waals surface area (Å²) in [7, 11) is 0. The van der Waals surface area contributed by atoms with Crippen LogP contribution in [0.2, 0.25) is 0 Å². The molecule has 0 bridgehead atoms. The molecule has 2 aromatic rings. The van der Waals surface area contributed by atoms with Crippen molar-refractivity contribution >= 4 is 34.7 Å². The fraction of sp³-hybridized carbons (Fsp3) is 0.440. The van der Waals surface area contributed by atoms with Crippen molar-refractivity contribution in [1.82, 2.24) is 14.7 Å². The molecule has 0 N–H and O–H groups in total. The van der Waals surface area contributed by atoms with Crippen molar-refractivity contribution in [3.05, 3.63) is 59.2 Å². The molecule has 2 atom stereocenters. The summed E-state index contributed by atoms with van der Waals surface area (Å²) in [4.78, 5) is 38.9. The van der Waals surface area contributed by atoms with Gasteiger partial charge in [0.15, 0.2) is 10.9 Å². The first-order valence-electron chi connectivity index (χ1n) is 11.4. The number of likely N-dealkylation sites (tertiary alicyclic amines) is 1. The minimum absolute atomic E-state index is 0.0139. The zero-order valence-electron chi connectivity index (χ0n) is 19.3. The second-order valence-electron chi connectivity index (χ2n) is 8.62. The van der Waals surface area contributed by atoms with Gasteiger partial charge < -0.3 is 4.74 Å². The topological polar surface area (TPSA) is 81.5 Å². The standard InChI is InChI=1S/C25H28FN3O4S/c1-3-33-23(31)15-29-12-17(11-27-29)10-19-13-28(14-22(19)34-16(2)30)24(25(32)18-8-9-18)20-6-4-5-7-21(20)26/h4-7,10-12,18,22,24H,3,8-9,13-15H2,1-2H3. The van der Waals surface area contributed by atoms with Gasteiger partial charge in [-0.25, -0.2) is 4.39 Å². The van der Waals surface area contributed by atoms with E-state index >= 15 is 0 Å². The van der Waals surface area contributed by atoms with Gasteiger partial charge in [0.1, 0.15) is 12.4 Å². The number of halogens is 1. The predicted octanol–water partition coefficient (Wildman–Crippen LogP) is 3.65. The van der Waals surface area contributed by atoms with Gasteiger partial charge in [0.05, 0.1) is 18.8 Å². The van der Waals surface area contributed by atoms with Gasteiger partial charge in [0, 0.05) is 48.5 Å². The Balaban J connectivity index is 1.60. The van der Waals surface area contributed by atoms with Gasteiger partial charge in [0.25, 0.3) is 0 Å². The molecule has 2 heterocycles. The molecular weight excluding hydrogens is 457 g/mol. The van der Waals surface area contributed by atoms with E-state index in [2.05, 4.69) is 5.10 Å². The molecule has 1 aliphatic heterocycles. The van der Waals surface area contributed by atoms with E-state index in [1.807, 2.05) is 11.0 Å². The summed E-state index contributed by atoms with van der Waals surface area (Å²) >= 11 is 1.21. The zero-order chi connectivity index (χ0) is 24.2. The van der Waals surface area contributed by atoms with Crippen molar-refractivity contribution in [3.63, 3.8) is 0 Å². The summed E-state index contributed by atoms with van der Waals surface area (Å²) in [5.41, 5.74) is 2.13. The van der Waals surface area contributed by atoms with Gasteiger partial charge in [-0.1, -0.05) is 36.0 Å². The second kappa shape index (κ2) is 10.7. The number of benzene rings is 1. The maximum absolute atomic E-state index is 14.7. The number of carbonyl (C=O) groups excluding carboxylic acids is 3. The molecule has 4 rings (SSSR count). The lowest BCUT2D eigenvalue weighted by Crippen LogP contribution is -2.34. The molecule has 2 fully saturated rings. The van der Waals surface area contributed by atoms with Crippen LogP contribution in [0.25, 0.3) is 6.08 Å². The van der Waals surface area contributed by atoms with Crippen molar-refractivity contribution in [1.29, 1.82) is 0 Å². The molecular formula is C25H28FN3O4S. The number of aromatic nitrogens is 2. The van der Waals surface area contributed by atoms with Crippen LogP contribution in [0.15, 0.2) is 42.2 Å². The maximum atomic E-state index is 14.7. The van der Waals surface area contributed by atoms with Crippen LogP contribution < -0.4 is 0 Å². The molecule has 1 saturated carbocycles. The minimum atomic E-state index is -0.679. The van der Waals surface area contributed by atoms with Crippen molar-refractivity contribution in [2.24, 2.45) is 5.92 Å². The van der Waals surface area contributed by atoms with E-state index in [1.54, 1.807) is 37.5 Å². The summed E-state index contributed by atoms with van der Waals surface area (Å²) in [6.45, 7) is 4.49. The number of ether oxygens (including phenoxy) is 1. The summed E-state index contributed by atoms with van der Waals surface area (Å²) in [5.74, 6) is -0.749. The van der Waals surface area contributed by atoms with Crippen LogP contribution in [0.1, 0.15) is 43.9 Å². The average molecular weight is 486 g/mol. The molecule has 1 saturated heterocycles. The van der Waals surface area contributed by atoms with Crippen molar-refractivity contribution < 1.29 is 23.5 Å². The number of Topliss-reactive ketones (excluding diaryl/α,β-unsaturated/α-hetero) is 1. The van der Waals surface area contributed by atoms with Gasteiger partial charge in [-0.05, 0) is 31.4 Å². The van der Waals surface area contributed by atoms with Crippen LogP contribution in [0.3, 0.4) is 0 Å². The maximum Gasteiger partial charge on any atom is 0.327 e. The monoisotopic (exact) mass is 485 g/mol. The Morgan fingerprint density at radius 2 is 2.06 bits per heavy atom.